The zero-order valence-electron chi connectivity index (χ0n) is 16.5. The van der Waals surface area contributed by atoms with Gasteiger partial charge in [-0.1, -0.05) is 41.6 Å². The highest BCUT2D eigenvalue weighted by Gasteiger charge is 2.18. The summed E-state index contributed by atoms with van der Waals surface area (Å²) < 4.78 is 7.82. The predicted octanol–water partition coefficient (Wildman–Crippen LogP) is 4.30. The fourth-order valence-electron chi connectivity index (χ4n) is 2.73. The number of hydrogen-bond acceptors (Lipinski definition) is 5. The Bertz CT molecular complexity index is 953. The largest absolute Gasteiger partial charge is 0.483 e. The van der Waals surface area contributed by atoms with E-state index in [-0.39, 0.29) is 17.8 Å². The van der Waals surface area contributed by atoms with Gasteiger partial charge in [0, 0.05) is 12.7 Å². The number of carbonyl (C=O) groups is 1. The zero-order chi connectivity index (χ0) is 20.1. The van der Waals surface area contributed by atoms with E-state index in [1.165, 1.54) is 17.3 Å². The van der Waals surface area contributed by atoms with Gasteiger partial charge in [-0.05, 0) is 50.6 Å². The van der Waals surface area contributed by atoms with E-state index >= 15 is 0 Å². The third kappa shape index (κ3) is 5.13. The highest BCUT2D eigenvalue weighted by molar-refractivity contribution is 7.99. The minimum atomic E-state index is -0.254. The minimum Gasteiger partial charge on any atom is -0.483 e. The van der Waals surface area contributed by atoms with E-state index < -0.39 is 0 Å². The molecule has 1 aromatic heterocycles. The molecule has 3 aromatic rings. The fourth-order valence-corrected chi connectivity index (χ4v) is 3.45. The molecule has 2 aromatic carbocycles. The van der Waals surface area contributed by atoms with Gasteiger partial charge in [-0.15, -0.1) is 10.2 Å². The quantitative estimate of drug-likeness (QED) is 0.603. The van der Waals surface area contributed by atoms with Crippen LogP contribution in [0.3, 0.4) is 0 Å². The lowest BCUT2D eigenvalue weighted by Crippen LogP contribution is -2.15. The molecule has 0 bridgehead atoms. The number of nitrogens with one attached hydrogen (secondary N) is 1. The van der Waals surface area contributed by atoms with E-state index in [4.69, 9.17) is 4.74 Å². The molecule has 1 heterocycles. The summed E-state index contributed by atoms with van der Waals surface area (Å²) in [5, 5.41) is 12.0. The normalized spacial score (nSPS) is 11.9. The van der Waals surface area contributed by atoms with Gasteiger partial charge in [0.2, 0.25) is 5.91 Å². The van der Waals surface area contributed by atoms with Gasteiger partial charge in [-0.3, -0.25) is 4.79 Å². The molecule has 1 N–H and O–H groups in total. The number of rotatable bonds is 7. The van der Waals surface area contributed by atoms with Crippen molar-refractivity contribution in [3.8, 4) is 5.75 Å². The molecular formula is C21H24N4O2S. The SMILES string of the molecule is Cc1ccc(OC(C)c2nnc(SCC(=O)Nc3cccc(C)c3)n2C)cc1. The topological polar surface area (TPSA) is 69.0 Å². The van der Waals surface area contributed by atoms with Crippen LogP contribution in [-0.4, -0.2) is 26.4 Å². The van der Waals surface area contributed by atoms with E-state index in [2.05, 4.69) is 15.5 Å². The third-order valence-corrected chi connectivity index (χ3v) is 5.22. The fraction of sp³-hybridized carbons (Fsp3) is 0.286. The first-order valence-electron chi connectivity index (χ1n) is 9.04. The molecule has 146 valence electrons. The second-order valence-electron chi connectivity index (χ2n) is 6.68. The van der Waals surface area contributed by atoms with Crippen LogP contribution in [0.2, 0.25) is 0 Å². The van der Waals surface area contributed by atoms with Gasteiger partial charge >= 0.3 is 0 Å². The third-order valence-electron chi connectivity index (χ3n) is 4.20. The molecule has 1 amide bonds. The molecule has 1 unspecified atom stereocenters. The first-order valence-corrected chi connectivity index (χ1v) is 10.0. The summed E-state index contributed by atoms with van der Waals surface area (Å²) in [5.41, 5.74) is 3.08. The van der Waals surface area contributed by atoms with Gasteiger partial charge in [0.15, 0.2) is 17.1 Å². The average Bonchev–Trinajstić information content (AvgIpc) is 3.02. The first kappa shape index (κ1) is 19.9. The van der Waals surface area contributed by atoms with Crippen molar-refractivity contribution in [2.24, 2.45) is 7.05 Å². The number of benzene rings is 2. The maximum Gasteiger partial charge on any atom is 0.234 e. The van der Waals surface area contributed by atoms with Crippen LogP contribution < -0.4 is 10.1 Å². The van der Waals surface area contributed by atoms with Crippen LogP contribution >= 0.6 is 11.8 Å². The Labute approximate surface area is 169 Å². The molecule has 0 radical (unpaired) electrons. The van der Waals surface area contributed by atoms with Crippen LogP contribution in [0, 0.1) is 13.8 Å². The summed E-state index contributed by atoms with van der Waals surface area (Å²) >= 11 is 1.35. The lowest BCUT2D eigenvalue weighted by atomic mass is 10.2. The highest BCUT2D eigenvalue weighted by Crippen LogP contribution is 2.24. The molecule has 0 saturated heterocycles. The number of ether oxygens (including phenoxy) is 1. The molecule has 7 heteroatoms. The van der Waals surface area contributed by atoms with Crippen molar-refractivity contribution >= 4 is 23.4 Å². The minimum absolute atomic E-state index is 0.0795. The lowest BCUT2D eigenvalue weighted by Gasteiger charge is -2.14. The van der Waals surface area contributed by atoms with E-state index in [0.29, 0.717) is 11.0 Å². The van der Waals surface area contributed by atoms with Crippen molar-refractivity contribution in [1.82, 2.24) is 14.8 Å². The highest BCUT2D eigenvalue weighted by atomic mass is 32.2. The van der Waals surface area contributed by atoms with Gasteiger partial charge in [0.25, 0.3) is 0 Å². The van der Waals surface area contributed by atoms with E-state index in [1.807, 2.05) is 80.9 Å². The van der Waals surface area contributed by atoms with Crippen LogP contribution in [-0.2, 0) is 11.8 Å². The molecule has 0 fully saturated rings. The number of carbonyl (C=O) groups excluding carboxylic acids is 1. The number of hydrogen-bond donors (Lipinski definition) is 1. The Morgan fingerprint density at radius 1 is 1.14 bits per heavy atom. The van der Waals surface area contributed by atoms with Crippen LogP contribution in [0.5, 0.6) is 5.75 Å². The van der Waals surface area contributed by atoms with E-state index in [0.717, 1.165) is 17.0 Å². The van der Waals surface area contributed by atoms with Crippen molar-refractivity contribution in [2.75, 3.05) is 11.1 Å². The molecule has 0 aliphatic rings. The summed E-state index contributed by atoms with van der Waals surface area (Å²) in [7, 11) is 1.88. The molecule has 3 rings (SSSR count). The molecule has 0 saturated carbocycles. The molecule has 0 spiro atoms. The Balaban J connectivity index is 1.57. The molecule has 28 heavy (non-hydrogen) atoms. The van der Waals surface area contributed by atoms with Gasteiger partial charge < -0.3 is 14.6 Å². The molecule has 0 aliphatic carbocycles. The average molecular weight is 397 g/mol. The van der Waals surface area contributed by atoms with Crippen molar-refractivity contribution < 1.29 is 9.53 Å². The van der Waals surface area contributed by atoms with Crippen LogP contribution in [0.1, 0.15) is 30.0 Å². The number of anilines is 1. The number of aryl methyl sites for hydroxylation is 2. The maximum atomic E-state index is 12.2. The lowest BCUT2D eigenvalue weighted by molar-refractivity contribution is -0.113. The molecule has 1 atom stereocenters. The summed E-state index contributed by atoms with van der Waals surface area (Å²) in [6, 6.07) is 15.6. The second kappa shape index (κ2) is 8.93. The summed E-state index contributed by atoms with van der Waals surface area (Å²) in [6.07, 6.45) is -0.254. The summed E-state index contributed by atoms with van der Waals surface area (Å²) in [4.78, 5) is 12.2. The number of nitrogens with zero attached hydrogens (tertiary/aromatic N) is 3. The van der Waals surface area contributed by atoms with E-state index in [1.54, 1.807) is 0 Å². The zero-order valence-corrected chi connectivity index (χ0v) is 17.3. The van der Waals surface area contributed by atoms with Crippen LogP contribution in [0.4, 0.5) is 5.69 Å². The van der Waals surface area contributed by atoms with Crippen molar-refractivity contribution in [3.63, 3.8) is 0 Å². The van der Waals surface area contributed by atoms with E-state index in [9.17, 15) is 4.79 Å². The molecule has 6 nitrogen and oxygen atoms in total. The van der Waals surface area contributed by atoms with Crippen molar-refractivity contribution in [2.45, 2.75) is 32.0 Å². The smallest absolute Gasteiger partial charge is 0.234 e. The Hall–Kier alpha value is -2.80. The first-order chi connectivity index (χ1) is 13.4. The predicted molar refractivity (Wildman–Crippen MR) is 112 cm³/mol. The van der Waals surface area contributed by atoms with Crippen molar-refractivity contribution in [1.29, 1.82) is 0 Å². The standard InChI is InChI=1S/C21H24N4O2S/c1-14-8-10-18(11-9-14)27-16(3)20-23-24-21(25(20)4)28-13-19(26)22-17-7-5-6-15(2)12-17/h5-12,16H,13H2,1-4H3,(H,22,26). The summed E-state index contributed by atoms with van der Waals surface area (Å²) in [6.45, 7) is 5.96. The second-order valence-corrected chi connectivity index (χ2v) is 7.62. The maximum absolute atomic E-state index is 12.2. The number of thioether (sulfide) groups is 1. The van der Waals surface area contributed by atoms with Crippen LogP contribution in [0.15, 0.2) is 53.7 Å². The summed E-state index contributed by atoms with van der Waals surface area (Å²) in [5.74, 6) is 1.67. The molecular weight excluding hydrogens is 372 g/mol. The van der Waals surface area contributed by atoms with Gasteiger partial charge in [-0.25, -0.2) is 0 Å². The Morgan fingerprint density at radius 3 is 2.61 bits per heavy atom. The van der Waals surface area contributed by atoms with Crippen molar-refractivity contribution in [3.05, 3.63) is 65.5 Å². The molecule has 0 aliphatic heterocycles. The number of amides is 1. The van der Waals surface area contributed by atoms with Gasteiger partial charge in [0.1, 0.15) is 5.75 Å². The van der Waals surface area contributed by atoms with Gasteiger partial charge in [-0.2, -0.15) is 0 Å². The Kier molecular flexibility index (Phi) is 6.36. The van der Waals surface area contributed by atoms with Crippen LogP contribution in [0.25, 0.3) is 0 Å². The monoisotopic (exact) mass is 396 g/mol. The Morgan fingerprint density at radius 2 is 1.89 bits per heavy atom. The van der Waals surface area contributed by atoms with Gasteiger partial charge in [0.05, 0.1) is 5.75 Å². The number of aromatic nitrogens is 3.